The van der Waals surface area contributed by atoms with Gasteiger partial charge in [0.15, 0.2) is 0 Å². The van der Waals surface area contributed by atoms with Crippen LogP contribution in [0.3, 0.4) is 0 Å². The van der Waals surface area contributed by atoms with Crippen LogP contribution < -0.4 is 19.6 Å². The largest absolute Gasteiger partial charge is 0.364 e. The Morgan fingerprint density at radius 1 is 0.750 bits per heavy atom. The summed E-state index contributed by atoms with van der Waals surface area (Å²) in [7, 11) is 0. The zero-order chi connectivity index (χ0) is 22.6. The smallest absolute Gasteiger partial charge is 0.327 e. The Morgan fingerprint density at radius 2 is 1.25 bits per heavy atom. The van der Waals surface area contributed by atoms with Gasteiger partial charge in [-0.05, 0) is 21.9 Å². The van der Waals surface area contributed by atoms with Crippen LogP contribution in [0.1, 0.15) is 0 Å². The van der Waals surface area contributed by atoms with Crippen molar-refractivity contribution in [1.82, 2.24) is 10.3 Å². The molecule has 164 valence electrons. The second-order valence-corrected chi connectivity index (χ2v) is 6.95. The molecule has 0 saturated carbocycles. The fourth-order valence-corrected chi connectivity index (χ4v) is 3.89. The lowest BCUT2D eigenvalue weighted by atomic mass is 10.1. The second-order valence-electron chi connectivity index (χ2n) is 6.95. The third-order valence-corrected chi connectivity index (χ3v) is 5.35. The molecule has 0 bridgehead atoms. The summed E-state index contributed by atoms with van der Waals surface area (Å²) in [4.78, 5) is 24.9. The van der Waals surface area contributed by atoms with E-state index >= 15 is 0 Å². The molecule has 16 nitrogen and oxygen atoms in total. The molecule has 0 spiro atoms. The van der Waals surface area contributed by atoms with Crippen molar-refractivity contribution < 1.29 is 28.9 Å². The molecule has 0 unspecified atom stereocenters. The quantitative estimate of drug-likeness (QED) is 0.238. The number of hydrogen-bond donors (Lipinski definition) is 0. The van der Waals surface area contributed by atoms with Gasteiger partial charge in [0, 0.05) is 43.5 Å². The van der Waals surface area contributed by atoms with E-state index in [0.717, 1.165) is 0 Å². The number of aromatic nitrogens is 4. The van der Waals surface area contributed by atoms with Gasteiger partial charge in [0.05, 0.1) is 26.4 Å². The Balaban J connectivity index is 1.45. The van der Waals surface area contributed by atoms with Gasteiger partial charge in [-0.3, -0.25) is 29.5 Å². The molecule has 1 aliphatic rings. The minimum Gasteiger partial charge on any atom is -0.364 e. The first-order valence-corrected chi connectivity index (χ1v) is 9.20. The van der Waals surface area contributed by atoms with Crippen LogP contribution in [0.4, 0.5) is 22.7 Å². The molecular weight excluding hydrogens is 432 g/mol. The Hall–Kier alpha value is -4.76. The summed E-state index contributed by atoms with van der Waals surface area (Å²) in [5, 5.41) is 53.5. The van der Waals surface area contributed by atoms with Crippen LogP contribution in [-0.2, 0) is 0 Å². The lowest BCUT2D eigenvalue weighted by molar-refractivity contribution is -0.783. The Labute approximate surface area is 175 Å². The van der Waals surface area contributed by atoms with Crippen molar-refractivity contribution in [2.75, 3.05) is 36.0 Å². The number of nitrogens with zero attached hydrogens (tertiary/aromatic N) is 8. The summed E-state index contributed by atoms with van der Waals surface area (Å²) < 4.78 is 9.14. The van der Waals surface area contributed by atoms with Crippen LogP contribution in [0, 0.1) is 30.6 Å². The van der Waals surface area contributed by atoms with E-state index < -0.39 is 15.5 Å². The number of hydrogen-bond acceptors (Lipinski definition) is 12. The minimum atomic E-state index is -0.688. The molecule has 3 heterocycles. The maximum absolute atomic E-state index is 12.1. The van der Waals surface area contributed by atoms with E-state index in [2.05, 4.69) is 19.6 Å². The Bertz CT molecular complexity index is 1390. The summed E-state index contributed by atoms with van der Waals surface area (Å²) in [5.74, 6) is 0. The van der Waals surface area contributed by atoms with Gasteiger partial charge < -0.3 is 20.2 Å². The number of rotatable bonds is 4. The molecule has 0 N–H and O–H groups in total. The molecule has 0 amide bonds. The van der Waals surface area contributed by atoms with Crippen LogP contribution >= 0.6 is 0 Å². The van der Waals surface area contributed by atoms with Crippen LogP contribution in [0.2, 0.25) is 0 Å². The summed E-state index contributed by atoms with van der Waals surface area (Å²) in [6.45, 7) is 1.60. The molecule has 32 heavy (non-hydrogen) atoms. The molecule has 0 aliphatic carbocycles. The zero-order valence-electron chi connectivity index (χ0n) is 16.0. The van der Waals surface area contributed by atoms with Crippen molar-refractivity contribution in [2.45, 2.75) is 0 Å². The number of nitro groups is 2. The molecule has 0 atom stereocenters. The highest BCUT2D eigenvalue weighted by molar-refractivity contribution is 5.93. The van der Waals surface area contributed by atoms with Crippen LogP contribution in [-0.4, -0.2) is 46.3 Å². The number of benzene rings is 2. The molecule has 16 heteroatoms. The summed E-state index contributed by atoms with van der Waals surface area (Å²) in [5.41, 5.74) is -0.250. The van der Waals surface area contributed by atoms with E-state index in [4.69, 9.17) is 0 Å². The molecule has 0 radical (unpaired) electrons. The van der Waals surface area contributed by atoms with Gasteiger partial charge in [0.2, 0.25) is 0 Å². The predicted molar refractivity (Wildman–Crippen MR) is 104 cm³/mol. The fraction of sp³-hybridized carbons (Fsp3) is 0.250. The lowest BCUT2D eigenvalue weighted by Crippen LogP contribution is -2.47. The van der Waals surface area contributed by atoms with E-state index in [-0.39, 0.29) is 37.6 Å². The maximum atomic E-state index is 12.1. The first kappa shape index (κ1) is 19.2. The van der Waals surface area contributed by atoms with Gasteiger partial charge in [0.25, 0.3) is 11.0 Å². The number of piperazine rings is 1. The highest BCUT2D eigenvalue weighted by Crippen LogP contribution is 2.33. The first-order valence-electron chi connectivity index (χ1n) is 9.20. The fourth-order valence-electron chi connectivity index (χ4n) is 3.89. The number of nitro benzene ring substituents is 2. The molecule has 2 aromatic carbocycles. The van der Waals surface area contributed by atoms with Crippen molar-refractivity contribution in [3.63, 3.8) is 0 Å². The van der Waals surface area contributed by atoms with Crippen molar-refractivity contribution in [1.29, 1.82) is 0 Å². The molecule has 5 rings (SSSR count). The average Bonchev–Trinajstić information content (AvgIpc) is 3.36. The molecular formula is C16H12N8O8. The monoisotopic (exact) mass is 444 g/mol. The lowest BCUT2D eigenvalue weighted by Gasteiger charge is -2.36. The van der Waals surface area contributed by atoms with Crippen LogP contribution in [0.5, 0.6) is 0 Å². The third kappa shape index (κ3) is 2.76. The maximum Gasteiger partial charge on any atom is 0.327 e. The molecule has 1 saturated heterocycles. The zero-order valence-corrected chi connectivity index (χ0v) is 16.0. The molecule has 1 aliphatic heterocycles. The van der Waals surface area contributed by atoms with E-state index in [1.54, 1.807) is 0 Å². The van der Waals surface area contributed by atoms with E-state index in [9.17, 15) is 30.6 Å². The predicted octanol–water partition coefficient (Wildman–Crippen LogP) is 0.379. The van der Waals surface area contributed by atoms with E-state index in [1.165, 1.54) is 24.3 Å². The normalized spacial score (nSPS) is 14.4. The number of fused-ring (bicyclic) bond motifs is 2. The van der Waals surface area contributed by atoms with Crippen molar-refractivity contribution in [3.8, 4) is 0 Å². The standard InChI is InChI=1S/C16H12N8O8/c25-21(26)10-2-3-11(15-14(10)18-32-23(15)29)20-7-5-19(6-8-20)9-1-4-12(22(27)28)16-13(9)17-31-24(16)30/h1-4H,5-8H2. The van der Waals surface area contributed by atoms with Crippen molar-refractivity contribution in [2.24, 2.45) is 0 Å². The Kier molecular flexibility index (Phi) is 4.14. The topological polar surface area (TPSA) is 199 Å². The summed E-state index contributed by atoms with van der Waals surface area (Å²) in [6, 6.07) is 5.43. The van der Waals surface area contributed by atoms with Gasteiger partial charge in [-0.15, -0.1) is 0 Å². The van der Waals surface area contributed by atoms with E-state index in [0.29, 0.717) is 37.6 Å². The highest BCUT2D eigenvalue weighted by atomic mass is 16.8. The van der Waals surface area contributed by atoms with Gasteiger partial charge in [-0.2, -0.15) is 0 Å². The van der Waals surface area contributed by atoms with Crippen LogP contribution in [0.25, 0.3) is 22.1 Å². The van der Waals surface area contributed by atoms with Gasteiger partial charge in [-0.25, -0.2) is 0 Å². The molecule has 4 aromatic rings. The first-order chi connectivity index (χ1) is 15.4. The summed E-state index contributed by atoms with van der Waals surface area (Å²) in [6.07, 6.45) is 0. The Morgan fingerprint density at radius 3 is 1.88 bits per heavy atom. The van der Waals surface area contributed by atoms with Gasteiger partial charge >= 0.3 is 22.4 Å². The van der Waals surface area contributed by atoms with Gasteiger partial charge in [-0.1, -0.05) is 0 Å². The van der Waals surface area contributed by atoms with Crippen molar-refractivity contribution in [3.05, 3.63) is 54.9 Å². The number of non-ortho nitro benzene ring substituents is 2. The third-order valence-electron chi connectivity index (χ3n) is 5.35. The minimum absolute atomic E-state index is 0.000270. The summed E-state index contributed by atoms with van der Waals surface area (Å²) >= 11 is 0. The SMILES string of the molecule is O=[N+]([O-])c1ccc(N2CCN(c3ccc([N+](=O)[O-])c4c3no[n+]4[O-])CC2)c2c1no[n+]2[O-]. The average molecular weight is 444 g/mol. The molecule has 2 aromatic heterocycles. The molecule has 1 fully saturated rings. The van der Waals surface area contributed by atoms with Gasteiger partial charge in [0.1, 0.15) is 0 Å². The van der Waals surface area contributed by atoms with Crippen molar-refractivity contribution >= 4 is 44.8 Å². The highest BCUT2D eigenvalue weighted by Gasteiger charge is 2.32. The number of anilines is 2. The van der Waals surface area contributed by atoms with E-state index in [1.807, 2.05) is 9.80 Å². The van der Waals surface area contributed by atoms with Crippen LogP contribution in [0.15, 0.2) is 33.5 Å². The second kappa shape index (κ2) is 6.89.